The summed E-state index contributed by atoms with van der Waals surface area (Å²) in [7, 11) is 0. The lowest BCUT2D eigenvalue weighted by Gasteiger charge is -2.20. The fraction of sp³-hybridized carbons (Fsp3) is 0.429. The largest absolute Gasteiger partial charge is 0.320 e. The summed E-state index contributed by atoms with van der Waals surface area (Å²) in [6.45, 7) is 0.322. The second-order valence-electron chi connectivity index (χ2n) is 4.28. The zero-order valence-corrected chi connectivity index (χ0v) is 11.5. The van der Waals surface area contributed by atoms with Crippen LogP contribution in [0.15, 0.2) is 18.3 Å². The smallest absolute Gasteiger partial charge is 0.238 e. The van der Waals surface area contributed by atoms with Crippen LogP contribution in [0.3, 0.4) is 0 Å². The molecule has 1 amide bonds. The molecule has 0 radical (unpaired) electrons. The maximum Gasteiger partial charge on any atom is 0.238 e. The Kier molecular flexibility index (Phi) is 5.25. The van der Waals surface area contributed by atoms with E-state index in [1.165, 1.54) is 6.42 Å². The zero-order chi connectivity index (χ0) is 13.5. The van der Waals surface area contributed by atoms with Crippen molar-refractivity contribution < 1.29 is 4.79 Å². The summed E-state index contributed by atoms with van der Waals surface area (Å²) >= 11 is 1.72. The molecule has 0 bridgehead atoms. The highest BCUT2D eigenvalue weighted by molar-refractivity contribution is 8.00. The number of amides is 1. The Morgan fingerprint density at radius 1 is 1.58 bits per heavy atom. The van der Waals surface area contributed by atoms with E-state index in [1.54, 1.807) is 30.1 Å². The van der Waals surface area contributed by atoms with Gasteiger partial charge in [0.15, 0.2) is 0 Å². The molecule has 100 valence electrons. The molecule has 3 N–H and O–H groups in total. The first-order valence-electron chi connectivity index (χ1n) is 6.37. The number of anilines is 1. The molecule has 0 saturated carbocycles. The summed E-state index contributed by atoms with van der Waals surface area (Å²) in [6.07, 6.45) is 4.92. The molecule has 1 aliphatic rings. The number of nitrogens with zero attached hydrogens (tertiary/aromatic N) is 1. The van der Waals surface area contributed by atoms with E-state index in [-0.39, 0.29) is 11.2 Å². The first kappa shape index (κ1) is 13.9. The van der Waals surface area contributed by atoms with Gasteiger partial charge >= 0.3 is 0 Å². The first-order valence-corrected chi connectivity index (χ1v) is 7.42. The minimum atomic E-state index is 0.0427. The van der Waals surface area contributed by atoms with E-state index >= 15 is 0 Å². The van der Waals surface area contributed by atoms with E-state index < -0.39 is 0 Å². The number of nitrogens with two attached hydrogens (primary N) is 1. The molecule has 1 atom stereocenters. The van der Waals surface area contributed by atoms with Crippen LogP contribution in [-0.2, 0) is 4.79 Å². The third kappa shape index (κ3) is 4.27. The molecule has 5 heteroatoms. The fourth-order valence-corrected chi connectivity index (χ4v) is 3.08. The Balaban J connectivity index is 1.99. The van der Waals surface area contributed by atoms with Gasteiger partial charge in [-0.05, 0) is 30.7 Å². The van der Waals surface area contributed by atoms with Gasteiger partial charge in [-0.25, -0.2) is 4.98 Å². The molecule has 19 heavy (non-hydrogen) atoms. The minimum Gasteiger partial charge on any atom is -0.320 e. The maximum absolute atomic E-state index is 12.1. The second-order valence-corrected chi connectivity index (χ2v) is 5.59. The highest BCUT2D eigenvalue weighted by Crippen LogP contribution is 2.25. The van der Waals surface area contributed by atoms with Crippen molar-refractivity contribution in [1.82, 2.24) is 4.98 Å². The van der Waals surface area contributed by atoms with Gasteiger partial charge in [0.25, 0.3) is 0 Å². The highest BCUT2D eigenvalue weighted by atomic mass is 32.2. The predicted octanol–water partition coefficient (Wildman–Crippen LogP) is 1.62. The molecule has 1 unspecified atom stereocenters. The van der Waals surface area contributed by atoms with Crippen LogP contribution in [0, 0.1) is 11.8 Å². The lowest BCUT2D eigenvalue weighted by atomic mass is 10.2. The predicted molar refractivity (Wildman–Crippen MR) is 78.9 cm³/mol. The minimum absolute atomic E-state index is 0.0427. The third-order valence-corrected chi connectivity index (χ3v) is 4.19. The summed E-state index contributed by atoms with van der Waals surface area (Å²) in [5.74, 6) is 7.37. The van der Waals surface area contributed by atoms with Gasteiger partial charge in [-0.1, -0.05) is 18.3 Å². The van der Waals surface area contributed by atoms with Crippen molar-refractivity contribution >= 4 is 23.5 Å². The van der Waals surface area contributed by atoms with Gasteiger partial charge in [0.2, 0.25) is 5.91 Å². The van der Waals surface area contributed by atoms with E-state index in [0.717, 1.165) is 24.2 Å². The molecule has 1 aliphatic heterocycles. The van der Waals surface area contributed by atoms with E-state index in [9.17, 15) is 4.79 Å². The normalized spacial score (nSPS) is 18.3. The van der Waals surface area contributed by atoms with Gasteiger partial charge in [0, 0.05) is 11.8 Å². The van der Waals surface area contributed by atoms with Crippen molar-refractivity contribution in [1.29, 1.82) is 0 Å². The number of hydrogen-bond donors (Lipinski definition) is 2. The maximum atomic E-state index is 12.1. The monoisotopic (exact) mass is 275 g/mol. The van der Waals surface area contributed by atoms with Crippen LogP contribution in [0.1, 0.15) is 24.8 Å². The van der Waals surface area contributed by atoms with Crippen molar-refractivity contribution in [2.75, 3.05) is 17.6 Å². The lowest BCUT2D eigenvalue weighted by Crippen LogP contribution is -2.27. The summed E-state index contributed by atoms with van der Waals surface area (Å²) < 4.78 is 0. The number of thioether (sulfide) groups is 1. The van der Waals surface area contributed by atoms with Crippen LogP contribution < -0.4 is 11.1 Å². The van der Waals surface area contributed by atoms with Crippen molar-refractivity contribution in [2.24, 2.45) is 5.73 Å². The summed E-state index contributed by atoms with van der Waals surface area (Å²) in [4.78, 5) is 16.2. The van der Waals surface area contributed by atoms with Crippen LogP contribution >= 0.6 is 11.8 Å². The van der Waals surface area contributed by atoms with Crippen LogP contribution in [0.25, 0.3) is 0 Å². The SMILES string of the molecule is NCC#Cc1ccnc(NC(=O)C2CCCCS2)c1. The van der Waals surface area contributed by atoms with Gasteiger partial charge in [-0.2, -0.15) is 0 Å². The topological polar surface area (TPSA) is 68.0 Å². The first-order chi connectivity index (χ1) is 9.29. The Hall–Kier alpha value is -1.51. The van der Waals surface area contributed by atoms with Gasteiger partial charge in [0.05, 0.1) is 11.8 Å². The molecule has 1 saturated heterocycles. The molecule has 2 heterocycles. The number of carbonyl (C=O) groups excluding carboxylic acids is 1. The van der Waals surface area contributed by atoms with Gasteiger partial charge in [-0.15, -0.1) is 11.8 Å². The van der Waals surface area contributed by atoms with E-state index in [4.69, 9.17) is 5.73 Å². The third-order valence-electron chi connectivity index (χ3n) is 2.82. The van der Waals surface area contributed by atoms with Crippen molar-refractivity contribution in [3.63, 3.8) is 0 Å². The number of hydrogen-bond acceptors (Lipinski definition) is 4. The highest BCUT2D eigenvalue weighted by Gasteiger charge is 2.21. The summed E-state index contributed by atoms with van der Waals surface area (Å²) in [6, 6.07) is 3.57. The van der Waals surface area contributed by atoms with E-state index in [2.05, 4.69) is 22.1 Å². The molecule has 0 aliphatic carbocycles. The summed E-state index contributed by atoms with van der Waals surface area (Å²) in [5.41, 5.74) is 6.14. The van der Waals surface area contributed by atoms with Gasteiger partial charge in [-0.3, -0.25) is 4.79 Å². The Morgan fingerprint density at radius 2 is 2.47 bits per heavy atom. The Labute approximate surface area is 117 Å². The molecule has 0 aromatic carbocycles. The molecule has 4 nitrogen and oxygen atoms in total. The van der Waals surface area contributed by atoms with Crippen LogP contribution in [0.4, 0.5) is 5.82 Å². The number of nitrogens with one attached hydrogen (secondary N) is 1. The van der Waals surface area contributed by atoms with Crippen molar-refractivity contribution in [3.05, 3.63) is 23.9 Å². The fourth-order valence-electron chi connectivity index (χ4n) is 1.88. The Morgan fingerprint density at radius 3 is 3.21 bits per heavy atom. The zero-order valence-electron chi connectivity index (χ0n) is 10.7. The van der Waals surface area contributed by atoms with E-state index in [1.807, 2.05) is 0 Å². The number of pyridine rings is 1. The Bertz CT molecular complexity index is 501. The quantitative estimate of drug-likeness (QED) is 0.805. The van der Waals surface area contributed by atoms with Crippen LogP contribution in [0.5, 0.6) is 0 Å². The van der Waals surface area contributed by atoms with Crippen molar-refractivity contribution in [3.8, 4) is 11.8 Å². The molecule has 1 aromatic heterocycles. The van der Waals surface area contributed by atoms with Gasteiger partial charge < -0.3 is 11.1 Å². The molecule has 0 spiro atoms. The van der Waals surface area contributed by atoms with Crippen LogP contribution in [0.2, 0.25) is 0 Å². The molecular weight excluding hydrogens is 258 g/mol. The average molecular weight is 275 g/mol. The molecular formula is C14H17N3OS. The van der Waals surface area contributed by atoms with E-state index in [0.29, 0.717) is 12.4 Å². The second kappa shape index (κ2) is 7.17. The number of carbonyl (C=O) groups is 1. The van der Waals surface area contributed by atoms with Crippen molar-refractivity contribution in [2.45, 2.75) is 24.5 Å². The molecule has 1 aromatic rings. The van der Waals surface area contributed by atoms with Gasteiger partial charge in [0.1, 0.15) is 5.82 Å². The molecule has 1 fully saturated rings. The summed E-state index contributed by atoms with van der Waals surface area (Å²) in [5, 5.41) is 2.91. The number of rotatable bonds is 2. The standard InChI is InChI=1S/C14H17N3OS/c15-7-3-4-11-6-8-16-13(10-11)17-14(18)12-5-1-2-9-19-12/h6,8,10,12H,1-2,5,7,9,15H2,(H,16,17,18). The average Bonchev–Trinajstić information content (AvgIpc) is 2.46. The lowest BCUT2D eigenvalue weighted by molar-refractivity contribution is -0.115. The van der Waals surface area contributed by atoms with Crippen LogP contribution in [-0.4, -0.2) is 28.4 Å². The number of aromatic nitrogens is 1. The molecule has 2 rings (SSSR count).